The zero-order chi connectivity index (χ0) is 8.84. The quantitative estimate of drug-likeness (QED) is 0.534. The monoisotopic (exact) mass is 177 g/mol. The fourth-order valence-corrected chi connectivity index (χ4v) is 2.43. The van der Waals surface area contributed by atoms with E-state index in [1.165, 1.54) is 36.3 Å². The Kier molecular flexibility index (Phi) is 2.60. The van der Waals surface area contributed by atoms with Gasteiger partial charge >= 0.3 is 18.9 Å². The van der Waals surface area contributed by atoms with Gasteiger partial charge in [-0.3, -0.25) is 0 Å². The number of rotatable bonds is 0. The van der Waals surface area contributed by atoms with Crippen LogP contribution in [0.4, 0.5) is 0 Å². The van der Waals surface area contributed by atoms with Crippen molar-refractivity contribution in [1.29, 1.82) is 0 Å². The number of benzene rings is 1. The second-order valence-corrected chi connectivity index (χ2v) is 4.08. The Balaban J connectivity index is 0.000000750. The van der Waals surface area contributed by atoms with Gasteiger partial charge in [-0.15, -0.1) is 0 Å². The topological polar surface area (TPSA) is 0 Å². The third-order valence-electron chi connectivity index (χ3n) is 3.20. The van der Waals surface area contributed by atoms with E-state index < -0.39 is 0 Å². The predicted molar refractivity (Wildman–Crippen MR) is 62.7 cm³/mol. The first-order valence-electron chi connectivity index (χ1n) is 5.02. The molecule has 1 heteroatoms. The molecule has 0 saturated carbocycles. The van der Waals surface area contributed by atoms with Gasteiger partial charge in [0, 0.05) is 5.92 Å². The molecular formula is C13H14Li. The van der Waals surface area contributed by atoms with Gasteiger partial charge in [-0.05, 0) is 41.5 Å². The summed E-state index contributed by atoms with van der Waals surface area (Å²) in [6, 6.07) is 4.78. The first-order chi connectivity index (χ1) is 6.34. The van der Waals surface area contributed by atoms with Gasteiger partial charge in [0.15, 0.2) is 0 Å². The average Bonchev–Trinajstić information content (AvgIpc) is 2.70. The molecule has 0 heterocycles. The van der Waals surface area contributed by atoms with Crippen molar-refractivity contribution >= 4 is 24.9 Å². The van der Waals surface area contributed by atoms with E-state index in [-0.39, 0.29) is 18.9 Å². The van der Waals surface area contributed by atoms with Crippen LogP contribution in [-0.4, -0.2) is 18.9 Å². The minimum absolute atomic E-state index is 0. The molecule has 0 nitrogen and oxygen atoms in total. The molecule has 0 spiro atoms. The van der Waals surface area contributed by atoms with Crippen LogP contribution in [0.1, 0.15) is 35.6 Å². The van der Waals surface area contributed by atoms with E-state index in [1.807, 2.05) is 0 Å². The summed E-state index contributed by atoms with van der Waals surface area (Å²) in [5.41, 5.74) is 6.05. The Bertz CT molecular complexity index is 390. The predicted octanol–water partition coefficient (Wildman–Crippen LogP) is 2.50. The SMILES string of the molecule is C[C]1C=Cc2cc3c(cc21)CCC3.[LiH]. The van der Waals surface area contributed by atoms with Gasteiger partial charge in [0.05, 0.1) is 0 Å². The number of hydrogen-bond acceptors (Lipinski definition) is 0. The van der Waals surface area contributed by atoms with Crippen LogP contribution in [-0.2, 0) is 12.8 Å². The fraction of sp³-hybridized carbons (Fsp3) is 0.308. The molecule has 0 unspecified atom stereocenters. The van der Waals surface area contributed by atoms with Gasteiger partial charge in [0.1, 0.15) is 0 Å². The maximum atomic E-state index is 2.40. The van der Waals surface area contributed by atoms with E-state index in [4.69, 9.17) is 0 Å². The third-order valence-corrected chi connectivity index (χ3v) is 3.20. The summed E-state index contributed by atoms with van der Waals surface area (Å²) >= 11 is 0. The van der Waals surface area contributed by atoms with Crippen LogP contribution in [0.25, 0.3) is 6.08 Å². The molecule has 0 amide bonds. The van der Waals surface area contributed by atoms with Crippen molar-refractivity contribution in [2.24, 2.45) is 0 Å². The fourth-order valence-electron chi connectivity index (χ4n) is 2.43. The summed E-state index contributed by atoms with van der Waals surface area (Å²) in [4.78, 5) is 0. The molecule has 1 radical (unpaired) electrons. The molecule has 67 valence electrons. The van der Waals surface area contributed by atoms with E-state index in [0.717, 1.165) is 0 Å². The van der Waals surface area contributed by atoms with Gasteiger partial charge < -0.3 is 0 Å². The number of aryl methyl sites for hydroxylation is 2. The molecule has 0 saturated heterocycles. The summed E-state index contributed by atoms with van der Waals surface area (Å²) < 4.78 is 0. The third kappa shape index (κ3) is 1.38. The Morgan fingerprint density at radius 3 is 2.50 bits per heavy atom. The van der Waals surface area contributed by atoms with E-state index in [2.05, 4.69) is 31.2 Å². The molecule has 14 heavy (non-hydrogen) atoms. The number of hydrogen-bond donors (Lipinski definition) is 0. The molecule has 0 atom stereocenters. The summed E-state index contributed by atoms with van der Waals surface area (Å²) in [6.07, 6.45) is 8.38. The van der Waals surface area contributed by atoms with Crippen molar-refractivity contribution in [3.63, 3.8) is 0 Å². The molecule has 2 aliphatic carbocycles. The molecule has 3 rings (SSSR count). The molecule has 0 aromatic heterocycles. The standard InChI is InChI=1S/C13H13.Li.H/c1-9-5-6-12-7-10-3-2-4-11(10)8-13(9)12;;/h5-8H,2-4H2,1H3;;. The minimum atomic E-state index is 0. The maximum absolute atomic E-state index is 2.40. The Labute approximate surface area is 97.6 Å². The Morgan fingerprint density at radius 1 is 1.00 bits per heavy atom. The zero-order valence-corrected chi connectivity index (χ0v) is 7.93. The molecule has 0 aliphatic heterocycles. The second-order valence-electron chi connectivity index (χ2n) is 4.08. The summed E-state index contributed by atoms with van der Waals surface area (Å²) in [5, 5.41) is 0. The molecule has 0 bridgehead atoms. The Morgan fingerprint density at radius 2 is 1.71 bits per heavy atom. The van der Waals surface area contributed by atoms with Crippen LogP contribution in [0.5, 0.6) is 0 Å². The van der Waals surface area contributed by atoms with Gasteiger partial charge in [0.2, 0.25) is 0 Å². The van der Waals surface area contributed by atoms with Crippen LogP contribution in [0, 0.1) is 5.92 Å². The number of fused-ring (bicyclic) bond motifs is 2. The molecule has 0 fully saturated rings. The van der Waals surface area contributed by atoms with Crippen molar-refractivity contribution in [2.75, 3.05) is 0 Å². The summed E-state index contributed by atoms with van der Waals surface area (Å²) in [7, 11) is 0. The van der Waals surface area contributed by atoms with E-state index in [9.17, 15) is 0 Å². The van der Waals surface area contributed by atoms with Crippen LogP contribution in [0.3, 0.4) is 0 Å². The van der Waals surface area contributed by atoms with Crippen LogP contribution < -0.4 is 0 Å². The first kappa shape index (κ1) is 10.1. The van der Waals surface area contributed by atoms with Gasteiger partial charge in [-0.25, -0.2) is 0 Å². The second kappa shape index (κ2) is 3.61. The molecular weight excluding hydrogens is 163 g/mol. The van der Waals surface area contributed by atoms with E-state index in [1.54, 1.807) is 11.1 Å². The van der Waals surface area contributed by atoms with E-state index in [0.29, 0.717) is 0 Å². The van der Waals surface area contributed by atoms with Crippen LogP contribution in [0.2, 0.25) is 0 Å². The van der Waals surface area contributed by atoms with Gasteiger partial charge in [0.25, 0.3) is 0 Å². The van der Waals surface area contributed by atoms with Crippen molar-refractivity contribution in [2.45, 2.75) is 26.2 Å². The number of allylic oxidation sites excluding steroid dienone is 1. The van der Waals surface area contributed by atoms with E-state index >= 15 is 0 Å². The zero-order valence-electron chi connectivity index (χ0n) is 7.93. The molecule has 2 aliphatic rings. The van der Waals surface area contributed by atoms with Crippen molar-refractivity contribution in [1.82, 2.24) is 0 Å². The average molecular weight is 177 g/mol. The Hall–Kier alpha value is -0.443. The normalized spacial score (nSPS) is 17.8. The van der Waals surface area contributed by atoms with Crippen molar-refractivity contribution in [3.8, 4) is 0 Å². The molecule has 1 aromatic rings. The molecule has 1 aromatic carbocycles. The van der Waals surface area contributed by atoms with Crippen LogP contribution >= 0.6 is 0 Å². The van der Waals surface area contributed by atoms with Gasteiger partial charge in [-0.1, -0.05) is 31.2 Å². The van der Waals surface area contributed by atoms with Crippen LogP contribution in [0.15, 0.2) is 18.2 Å². The summed E-state index contributed by atoms with van der Waals surface area (Å²) in [5.74, 6) is 1.42. The summed E-state index contributed by atoms with van der Waals surface area (Å²) in [6.45, 7) is 2.20. The van der Waals surface area contributed by atoms with Crippen molar-refractivity contribution in [3.05, 3.63) is 46.4 Å². The first-order valence-corrected chi connectivity index (χ1v) is 5.02. The van der Waals surface area contributed by atoms with Gasteiger partial charge in [-0.2, -0.15) is 0 Å². The molecule has 0 N–H and O–H groups in total. The van der Waals surface area contributed by atoms with Crippen molar-refractivity contribution < 1.29 is 0 Å².